The number of carboxylic acids is 1. The molecule has 2 amide bonds. The lowest BCUT2D eigenvalue weighted by Gasteiger charge is -2.14. The van der Waals surface area contributed by atoms with Crippen molar-refractivity contribution in [2.75, 3.05) is 17.7 Å². The van der Waals surface area contributed by atoms with Crippen molar-refractivity contribution in [2.45, 2.75) is 6.92 Å². The molecular weight excluding hydrogens is 479 g/mol. The minimum Gasteiger partial charge on any atom is -0.497 e. The fraction of sp³-hybridized carbons (Fsp3) is 0.0714. The number of carbonyl (C=O) groups is 2. The van der Waals surface area contributed by atoms with Crippen LogP contribution in [-0.4, -0.2) is 24.2 Å². The second-order valence-electron chi connectivity index (χ2n) is 7.94. The molecule has 0 aliphatic rings. The summed E-state index contributed by atoms with van der Waals surface area (Å²) in [6, 6.07) is 21.2. The van der Waals surface area contributed by atoms with E-state index in [0.717, 1.165) is 0 Å². The van der Waals surface area contributed by atoms with Crippen LogP contribution >= 0.6 is 0 Å². The quantitative estimate of drug-likeness (QED) is 0.238. The predicted octanol–water partition coefficient (Wildman–Crippen LogP) is 7.07. The number of hydrogen-bond donors (Lipinski definition) is 3. The molecule has 3 N–H and O–H groups in total. The van der Waals surface area contributed by atoms with Crippen LogP contribution in [0.3, 0.4) is 0 Å². The summed E-state index contributed by atoms with van der Waals surface area (Å²) in [6.07, 6.45) is 0. The van der Waals surface area contributed by atoms with Crippen molar-refractivity contribution >= 4 is 23.4 Å². The molecule has 0 spiro atoms. The molecule has 0 radical (unpaired) electrons. The SMILES string of the molecule is COc1ccc(NC(=O)Nc2cc(Oc3ccc(F)cc3)cc(Oc3ccc(C(=O)O)c(C)c3)c2)cc1. The summed E-state index contributed by atoms with van der Waals surface area (Å²) >= 11 is 0. The molecule has 0 aromatic heterocycles. The zero-order valence-corrected chi connectivity index (χ0v) is 19.9. The maximum Gasteiger partial charge on any atom is 0.335 e. The zero-order valence-electron chi connectivity index (χ0n) is 19.9. The second-order valence-corrected chi connectivity index (χ2v) is 7.94. The average Bonchev–Trinajstić information content (AvgIpc) is 2.85. The number of nitrogens with one attached hydrogen (secondary N) is 2. The van der Waals surface area contributed by atoms with E-state index in [1.165, 1.54) is 36.4 Å². The summed E-state index contributed by atoms with van der Waals surface area (Å²) in [5.74, 6) is 0.647. The van der Waals surface area contributed by atoms with Gasteiger partial charge in [-0.3, -0.25) is 0 Å². The average molecular weight is 502 g/mol. The van der Waals surface area contributed by atoms with Crippen LogP contribution in [0.5, 0.6) is 28.7 Å². The van der Waals surface area contributed by atoms with E-state index < -0.39 is 17.8 Å². The maximum absolute atomic E-state index is 13.3. The van der Waals surface area contributed by atoms with E-state index in [9.17, 15) is 19.1 Å². The monoisotopic (exact) mass is 502 g/mol. The van der Waals surface area contributed by atoms with Gasteiger partial charge in [0.1, 0.15) is 34.6 Å². The summed E-state index contributed by atoms with van der Waals surface area (Å²) in [5, 5.41) is 14.7. The van der Waals surface area contributed by atoms with Gasteiger partial charge < -0.3 is 30.0 Å². The molecule has 0 saturated heterocycles. The molecule has 0 unspecified atom stereocenters. The van der Waals surface area contributed by atoms with Gasteiger partial charge in [-0.2, -0.15) is 0 Å². The fourth-order valence-electron chi connectivity index (χ4n) is 3.44. The number of anilines is 2. The van der Waals surface area contributed by atoms with E-state index in [1.54, 1.807) is 62.6 Å². The Labute approximate surface area is 212 Å². The number of carboxylic acid groups (broad SMARTS) is 1. The van der Waals surface area contributed by atoms with Gasteiger partial charge in [0.25, 0.3) is 0 Å². The third-order valence-electron chi connectivity index (χ3n) is 5.20. The van der Waals surface area contributed by atoms with Crippen molar-refractivity contribution in [1.29, 1.82) is 0 Å². The Hall–Kier alpha value is -5.05. The Bertz CT molecular complexity index is 1420. The molecule has 0 atom stereocenters. The summed E-state index contributed by atoms with van der Waals surface area (Å²) in [5.41, 5.74) is 1.61. The first-order chi connectivity index (χ1) is 17.8. The van der Waals surface area contributed by atoms with Crippen LogP contribution in [0.15, 0.2) is 84.9 Å². The number of aryl methyl sites for hydroxylation is 1. The van der Waals surface area contributed by atoms with Crippen LogP contribution in [-0.2, 0) is 0 Å². The smallest absolute Gasteiger partial charge is 0.335 e. The summed E-state index contributed by atoms with van der Waals surface area (Å²) < 4.78 is 30.2. The maximum atomic E-state index is 13.3. The number of carbonyl (C=O) groups excluding carboxylic acids is 1. The van der Waals surface area contributed by atoms with Crippen molar-refractivity contribution in [3.8, 4) is 28.7 Å². The van der Waals surface area contributed by atoms with Crippen molar-refractivity contribution in [2.24, 2.45) is 0 Å². The highest BCUT2D eigenvalue weighted by atomic mass is 19.1. The number of rotatable bonds is 8. The Morgan fingerprint density at radius 1 is 0.703 bits per heavy atom. The van der Waals surface area contributed by atoms with Gasteiger partial charge in [-0.25, -0.2) is 14.0 Å². The number of aromatic carboxylic acids is 1. The van der Waals surface area contributed by atoms with Gasteiger partial charge in [0, 0.05) is 29.6 Å². The van der Waals surface area contributed by atoms with E-state index in [2.05, 4.69) is 10.6 Å². The second kappa shape index (κ2) is 11.1. The van der Waals surface area contributed by atoms with Gasteiger partial charge in [-0.1, -0.05) is 0 Å². The zero-order chi connectivity index (χ0) is 26.4. The van der Waals surface area contributed by atoms with Crippen molar-refractivity contribution < 1.29 is 33.3 Å². The first-order valence-corrected chi connectivity index (χ1v) is 11.1. The van der Waals surface area contributed by atoms with Gasteiger partial charge >= 0.3 is 12.0 Å². The van der Waals surface area contributed by atoms with Crippen molar-refractivity contribution in [3.63, 3.8) is 0 Å². The Balaban J connectivity index is 1.58. The minimum atomic E-state index is -1.03. The molecule has 0 saturated carbocycles. The summed E-state index contributed by atoms with van der Waals surface area (Å²) in [6.45, 7) is 1.67. The molecule has 0 bridgehead atoms. The predicted molar refractivity (Wildman–Crippen MR) is 137 cm³/mol. The van der Waals surface area contributed by atoms with Gasteiger partial charge in [-0.05, 0) is 79.2 Å². The molecule has 188 valence electrons. The van der Waals surface area contributed by atoms with Gasteiger partial charge in [0.05, 0.1) is 12.7 Å². The molecule has 9 heteroatoms. The number of ether oxygens (including phenoxy) is 3. The molecule has 4 aromatic rings. The van der Waals surface area contributed by atoms with Gasteiger partial charge in [0.2, 0.25) is 0 Å². The minimum absolute atomic E-state index is 0.165. The van der Waals surface area contributed by atoms with E-state index in [4.69, 9.17) is 14.2 Å². The first kappa shape index (κ1) is 25.1. The molecule has 37 heavy (non-hydrogen) atoms. The lowest BCUT2D eigenvalue weighted by atomic mass is 10.1. The highest BCUT2D eigenvalue weighted by Gasteiger charge is 2.12. The Morgan fingerprint density at radius 3 is 1.86 bits per heavy atom. The number of methoxy groups -OCH3 is 1. The number of halogens is 1. The largest absolute Gasteiger partial charge is 0.497 e. The molecule has 8 nitrogen and oxygen atoms in total. The van der Waals surface area contributed by atoms with E-state index in [0.29, 0.717) is 45.7 Å². The fourth-order valence-corrected chi connectivity index (χ4v) is 3.44. The third kappa shape index (κ3) is 6.76. The van der Waals surface area contributed by atoms with Crippen molar-refractivity contribution in [1.82, 2.24) is 0 Å². The van der Waals surface area contributed by atoms with E-state index in [1.807, 2.05) is 0 Å². The number of urea groups is 1. The van der Waals surface area contributed by atoms with Crippen LogP contribution in [0, 0.1) is 12.7 Å². The van der Waals surface area contributed by atoms with Gasteiger partial charge in [0.15, 0.2) is 0 Å². The third-order valence-corrected chi connectivity index (χ3v) is 5.20. The molecule has 4 aromatic carbocycles. The van der Waals surface area contributed by atoms with Crippen LogP contribution in [0.1, 0.15) is 15.9 Å². The van der Waals surface area contributed by atoms with Crippen molar-refractivity contribution in [3.05, 3.63) is 102 Å². The molecular formula is C28H23FN2O6. The standard InChI is InChI=1S/C28H23FN2O6/c1-17-13-23(11-12-26(17)27(32)33)37-25-15-20(14-24(16-25)36-22-7-3-18(29)4-8-22)31-28(34)30-19-5-9-21(35-2)10-6-19/h3-16H,1-2H3,(H,32,33)(H2,30,31,34). The summed E-state index contributed by atoms with van der Waals surface area (Å²) in [4.78, 5) is 23.9. The van der Waals surface area contributed by atoms with Crippen LogP contribution in [0.25, 0.3) is 0 Å². The lowest BCUT2D eigenvalue weighted by molar-refractivity contribution is 0.0696. The van der Waals surface area contributed by atoms with Gasteiger partial charge in [-0.15, -0.1) is 0 Å². The van der Waals surface area contributed by atoms with Crippen LogP contribution < -0.4 is 24.8 Å². The lowest BCUT2D eigenvalue weighted by Crippen LogP contribution is -2.19. The molecule has 0 heterocycles. The van der Waals surface area contributed by atoms with E-state index in [-0.39, 0.29) is 5.56 Å². The highest BCUT2D eigenvalue weighted by molar-refractivity contribution is 6.00. The van der Waals surface area contributed by atoms with E-state index >= 15 is 0 Å². The molecule has 0 aliphatic heterocycles. The number of benzene rings is 4. The topological polar surface area (TPSA) is 106 Å². The molecule has 4 rings (SSSR count). The Kier molecular flexibility index (Phi) is 7.53. The normalized spacial score (nSPS) is 10.4. The Morgan fingerprint density at radius 2 is 1.27 bits per heavy atom. The van der Waals surface area contributed by atoms with Crippen LogP contribution in [0.2, 0.25) is 0 Å². The van der Waals surface area contributed by atoms with Crippen LogP contribution in [0.4, 0.5) is 20.6 Å². The number of amides is 2. The summed E-state index contributed by atoms with van der Waals surface area (Å²) in [7, 11) is 1.55. The molecule has 0 fully saturated rings. The number of hydrogen-bond acceptors (Lipinski definition) is 5. The highest BCUT2D eigenvalue weighted by Crippen LogP contribution is 2.33. The first-order valence-electron chi connectivity index (χ1n) is 11.1. The molecule has 0 aliphatic carbocycles.